The van der Waals surface area contributed by atoms with Crippen molar-refractivity contribution in [3.05, 3.63) is 28.1 Å². The lowest BCUT2D eigenvalue weighted by Crippen LogP contribution is -2.01. The normalized spacial score (nSPS) is 11.5. The van der Waals surface area contributed by atoms with Crippen molar-refractivity contribution in [2.24, 2.45) is 5.73 Å². The first-order valence-electron chi connectivity index (χ1n) is 4.86. The fourth-order valence-electron chi connectivity index (χ4n) is 1.52. The Kier molecular flexibility index (Phi) is 2.75. The van der Waals surface area contributed by atoms with Crippen LogP contribution in [0.2, 0.25) is 0 Å². The van der Waals surface area contributed by atoms with E-state index in [4.69, 9.17) is 5.73 Å². The second-order valence-electron chi connectivity index (χ2n) is 3.79. The summed E-state index contributed by atoms with van der Waals surface area (Å²) >= 11 is 3.49. The molecule has 0 atom stereocenters. The molecular weight excluding hydrogens is 256 g/mol. The van der Waals surface area contributed by atoms with Gasteiger partial charge in [-0.1, -0.05) is 13.8 Å². The zero-order valence-corrected chi connectivity index (χ0v) is 10.3. The number of rotatable bonds is 2. The van der Waals surface area contributed by atoms with Crippen LogP contribution in [0.5, 0.6) is 0 Å². The van der Waals surface area contributed by atoms with E-state index in [1.165, 1.54) is 0 Å². The molecule has 0 unspecified atom stereocenters. The molecule has 2 aromatic rings. The Morgan fingerprint density at radius 2 is 2.20 bits per heavy atom. The second-order valence-corrected chi connectivity index (χ2v) is 4.65. The molecule has 5 heteroatoms. The average molecular weight is 269 g/mol. The minimum absolute atomic E-state index is 0.357. The van der Waals surface area contributed by atoms with E-state index in [1.54, 1.807) is 0 Å². The molecule has 0 spiro atoms. The summed E-state index contributed by atoms with van der Waals surface area (Å²) in [6.07, 6.45) is 1.98. The molecule has 4 nitrogen and oxygen atoms in total. The van der Waals surface area contributed by atoms with Gasteiger partial charge in [0.05, 0.1) is 0 Å². The van der Waals surface area contributed by atoms with Crippen LogP contribution >= 0.6 is 15.9 Å². The molecule has 0 saturated carbocycles. The van der Waals surface area contributed by atoms with Crippen LogP contribution in [-0.2, 0) is 6.54 Å². The molecule has 0 bridgehead atoms. The summed E-state index contributed by atoms with van der Waals surface area (Å²) in [4.78, 5) is 0. The molecule has 2 heterocycles. The maximum Gasteiger partial charge on any atom is 0.161 e. The number of aromatic nitrogens is 3. The Labute approximate surface area is 96.6 Å². The lowest BCUT2D eigenvalue weighted by Gasteiger charge is -2.05. The largest absolute Gasteiger partial charge is 0.326 e. The molecule has 80 valence electrons. The van der Waals surface area contributed by atoms with E-state index < -0.39 is 0 Å². The van der Waals surface area contributed by atoms with Gasteiger partial charge < -0.3 is 5.73 Å². The van der Waals surface area contributed by atoms with E-state index in [-0.39, 0.29) is 0 Å². The average Bonchev–Trinajstić information content (AvgIpc) is 2.59. The second kappa shape index (κ2) is 3.90. The van der Waals surface area contributed by atoms with Crippen molar-refractivity contribution in [3.8, 4) is 0 Å². The highest BCUT2D eigenvalue weighted by Gasteiger charge is 2.10. The number of hydrogen-bond donors (Lipinski definition) is 1. The Morgan fingerprint density at radius 3 is 2.80 bits per heavy atom. The number of halogens is 1. The molecule has 0 aliphatic carbocycles. The van der Waals surface area contributed by atoms with Crippen LogP contribution in [0.3, 0.4) is 0 Å². The molecule has 0 aliphatic rings. The molecular formula is C10H13BrN4. The summed E-state index contributed by atoms with van der Waals surface area (Å²) in [7, 11) is 0. The van der Waals surface area contributed by atoms with Crippen molar-refractivity contribution in [2.75, 3.05) is 0 Å². The summed E-state index contributed by atoms with van der Waals surface area (Å²) < 4.78 is 2.99. The number of pyridine rings is 1. The van der Waals surface area contributed by atoms with E-state index in [2.05, 4.69) is 40.0 Å². The van der Waals surface area contributed by atoms with Gasteiger partial charge in [0.25, 0.3) is 0 Å². The zero-order chi connectivity index (χ0) is 11.0. The van der Waals surface area contributed by atoms with Crippen LogP contribution in [-0.4, -0.2) is 14.6 Å². The van der Waals surface area contributed by atoms with Gasteiger partial charge in [-0.2, -0.15) is 0 Å². The third-order valence-corrected chi connectivity index (χ3v) is 3.05. The van der Waals surface area contributed by atoms with E-state index in [0.717, 1.165) is 21.5 Å². The highest BCUT2D eigenvalue weighted by molar-refractivity contribution is 9.10. The van der Waals surface area contributed by atoms with Crippen molar-refractivity contribution in [1.82, 2.24) is 14.6 Å². The van der Waals surface area contributed by atoms with Gasteiger partial charge in [-0.15, -0.1) is 10.2 Å². The highest BCUT2D eigenvalue weighted by atomic mass is 79.9. The third kappa shape index (κ3) is 1.77. The van der Waals surface area contributed by atoms with Crippen molar-refractivity contribution in [1.29, 1.82) is 0 Å². The van der Waals surface area contributed by atoms with E-state index in [9.17, 15) is 0 Å². The highest BCUT2D eigenvalue weighted by Crippen LogP contribution is 2.21. The first-order valence-corrected chi connectivity index (χ1v) is 5.66. The lowest BCUT2D eigenvalue weighted by atomic mass is 10.2. The van der Waals surface area contributed by atoms with Crippen LogP contribution in [0.4, 0.5) is 0 Å². The van der Waals surface area contributed by atoms with Crippen molar-refractivity contribution >= 4 is 21.6 Å². The monoisotopic (exact) mass is 268 g/mol. The van der Waals surface area contributed by atoms with Crippen molar-refractivity contribution < 1.29 is 0 Å². The Hall–Kier alpha value is -0.940. The SMILES string of the molecule is CC(C)c1nnc2cc(CN)c(Br)cn12. The van der Waals surface area contributed by atoms with E-state index in [1.807, 2.05) is 16.7 Å². The first kappa shape index (κ1) is 10.6. The van der Waals surface area contributed by atoms with Crippen LogP contribution in [0.25, 0.3) is 5.65 Å². The maximum atomic E-state index is 5.62. The number of nitrogens with zero attached hydrogens (tertiary/aromatic N) is 3. The van der Waals surface area contributed by atoms with Crippen molar-refractivity contribution in [3.63, 3.8) is 0 Å². The smallest absolute Gasteiger partial charge is 0.161 e. The summed E-state index contributed by atoms with van der Waals surface area (Å²) in [5.74, 6) is 1.32. The zero-order valence-electron chi connectivity index (χ0n) is 8.74. The van der Waals surface area contributed by atoms with Gasteiger partial charge in [0.1, 0.15) is 5.82 Å². The molecule has 0 aliphatic heterocycles. The predicted octanol–water partition coefficient (Wildman–Crippen LogP) is 2.07. The van der Waals surface area contributed by atoms with Crippen molar-refractivity contribution in [2.45, 2.75) is 26.3 Å². The molecule has 2 aromatic heterocycles. The molecule has 15 heavy (non-hydrogen) atoms. The minimum Gasteiger partial charge on any atom is -0.326 e. The fraction of sp³-hybridized carbons (Fsp3) is 0.400. The van der Waals surface area contributed by atoms with Crippen LogP contribution in [0, 0.1) is 0 Å². The minimum atomic E-state index is 0.357. The van der Waals surface area contributed by atoms with Gasteiger partial charge in [-0.25, -0.2) is 0 Å². The van der Waals surface area contributed by atoms with Gasteiger partial charge in [0, 0.05) is 23.1 Å². The van der Waals surface area contributed by atoms with Crippen LogP contribution < -0.4 is 5.73 Å². The summed E-state index contributed by atoms with van der Waals surface area (Å²) in [5.41, 5.74) is 7.52. The fourth-order valence-corrected chi connectivity index (χ4v) is 2.00. The quantitative estimate of drug-likeness (QED) is 0.908. The van der Waals surface area contributed by atoms with E-state index >= 15 is 0 Å². The van der Waals surface area contributed by atoms with Gasteiger partial charge in [-0.05, 0) is 27.6 Å². The predicted molar refractivity (Wildman–Crippen MR) is 62.7 cm³/mol. The molecule has 0 fully saturated rings. The Bertz CT molecular complexity index is 489. The molecule has 0 aromatic carbocycles. The Balaban J connectivity index is 2.68. The Morgan fingerprint density at radius 1 is 1.47 bits per heavy atom. The topological polar surface area (TPSA) is 56.2 Å². The van der Waals surface area contributed by atoms with Gasteiger partial charge in [0.2, 0.25) is 0 Å². The molecule has 0 amide bonds. The molecule has 2 N–H and O–H groups in total. The summed E-state index contributed by atoms with van der Waals surface area (Å²) in [6.45, 7) is 4.70. The number of fused-ring (bicyclic) bond motifs is 1. The number of nitrogens with two attached hydrogens (primary N) is 1. The lowest BCUT2D eigenvalue weighted by molar-refractivity contribution is 0.758. The molecule has 2 rings (SSSR count). The maximum absolute atomic E-state index is 5.62. The first-order chi connectivity index (χ1) is 7.13. The van der Waals surface area contributed by atoms with Gasteiger partial charge >= 0.3 is 0 Å². The summed E-state index contributed by atoms with van der Waals surface area (Å²) in [5, 5.41) is 8.29. The molecule has 0 saturated heterocycles. The van der Waals surface area contributed by atoms with Crippen LogP contribution in [0.1, 0.15) is 31.2 Å². The van der Waals surface area contributed by atoms with E-state index in [0.29, 0.717) is 12.5 Å². The van der Waals surface area contributed by atoms with Crippen LogP contribution in [0.15, 0.2) is 16.7 Å². The number of hydrogen-bond acceptors (Lipinski definition) is 3. The third-order valence-electron chi connectivity index (χ3n) is 2.34. The standard InChI is InChI=1S/C10H13BrN4/c1-6(2)10-14-13-9-3-7(4-12)8(11)5-15(9)10/h3,5-6H,4,12H2,1-2H3. The van der Waals surface area contributed by atoms with Gasteiger partial charge in [-0.3, -0.25) is 4.40 Å². The molecule has 0 radical (unpaired) electrons. The summed E-state index contributed by atoms with van der Waals surface area (Å²) in [6, 6.07) is 1.96. The van der Waals surface area contributed by atoms with Gasteiger partial charge in [0.15, 0.2) is 5.65 Å².